The highest BCUT2D eigenvalue weighted by Crippen LogP contribution is 2.22. The molecular formula is C14H23N5. The van der Waals surface area contributed by atoms with Gasteiger partial charge in [-0.15, -0.1) is 0 Å². The number of rotatable bonds is 2. The Kier molecular flexibility index (Phi) is 3.75. The van der Waals surface area contributed by atoms with E-state index in [-0.39, 0.29) is 11.4 Å². The Morgan fingerprint density at radius 2 is 1.89 bits per heavy atom. The second kappa shape index (κ2) is 5.17. The second-order valence-corrected chi connectivity index (χ2v) is 5.93. The van der Waals surface area contributed by atoms with Crippen LogP contribution in [0.2, 0.25) is 0 Å². The predicted octanol–water partition coefficient (Wildman–Crippen LogP) is 1.29. The first kappa shape index (κ1) is 13.8. The molecule has 2 rings (SSSR count). The Labute approximate surface area is 114 Å². The minimum Gasteiger partial charge on any atom is -0.382 e. The third-order valence-corrected chi connectivity index (χ3v) is 3.61. The molecule has 0 unspecified atom stereocenters. The smallest absolute Gasteiger partial charge is 0.143 e. The normalized spacial score (nSPS) is 17.5. The van der Waals surface area contributed by atoms with Crippen LogP contribution in [0.3, 0.4) is 0 Å². The molecule has 5 heteroatoms. The molecule has 0 spiro atoms. The van der Waals surface area contributed by atoms with E-state index in [0.717, 1.165) is 31.9 Å². The lowest BCUT2D eigenvalue weighted by Crippen LogP contribution is -2.53. The summed E-state index contributed by atoms with van der Waals surface area (Å²) in [6, 6.07) is 3.90. The SMILES string of the molecule is CC(C)(C)N1CCN(c2cccnc2C(=N)N)CC1. The lowest BCUT2D eigenvalue weighted by molar-refractivity contribution is 0.128. The van der Waals surface area contributed by atoms with Crippen molar-refractivity contribution >= 4 is 11.5 Å². The maximum Gasteiger partial charge on any atom is 0.143 e. The maximum absolute atomic E-state index is 7.61. The van der Waals surface area contributed by atoms with Gasteiger partial charge in [0.15, 0.2) is 0 Å². The van der Waals surface area contributed by atoms with E-state index in [4.69, 9.17) is 11.1 Å². The number of anilines is 1. The number of amidine groups is 1. The molecule has 1 aliphatic heterocycles. The number of pyridine rings is 1. The highest BCUT2D eigenvalue weighted by atomic mass is 15.3. The zero-order chi connectivity index (χ0) is 14.0. The van der Waals surface area contributed by atoms with Crippen molar-refractivity contribution in [1.29, 1.82) is 5.41 Å². The second-order valence-electron chi connectivity index (χ2n) is 5.93. The third kappa shape index (κ3) is 3.04. The van der Waals surface area contributed by atoms with Crippen molar-refractivity contribution in [2.24, 2.45) is 5.73 Å². The van der Waals surface area contributed by atoms with Crippen molar-refractivity contribution < 1.29 is 0 Å². The fourth-order valence-electron chi connectivity index (χ4n) is 2.48. The molecule has 104 valence electrons. The van der Waals surface area contributed by atoms with Crippen LogP contribution in [0.25, 0.3) is 0 Å². The standard InChI is InChI=1S/C14H23N5/c1-14(2,3)19-9-7-18(8-10-19)11-5-4-6-17-12(11)13(15)16/h4-6H,7-10H2,1-3H3,(H3,15,16). The van der Waals surface area contributed by atoms with Crippen molar-refractivity contribution in [2.75, 3.05) is 31.1 Å². The number of nitrogens with two attached hydrogens (primary N) is 1. The van der Waals surface area contributed by atoms with Gasteiger partial charge in [-0.2, -0.15) is 0 Å². The molecule has 0 radical (unpaired) electrons. The van der Waals surface area contributed by atoms with Crippen LogP contribution in [0.1, 0.15) is 26.5 Å². The molecule has 2 heterocycles. The summed E-state index contributed by atoms with van der Waals surface area (Å²) < 4.78 is 0. The van der Waals surface area contributed by atoms with Gasteiger partial charge >= 0.3 is 0 Å². The Morgan fingerprint density at radius 3 is 2.42 bits per heavy atom. The number of nitrogen functional groups attached to an aromatic ring is 1. The van der Waals surface area contributed by atoms with E-state index in [1.165, 1.54) is 0 Å². The average Bonchev–Trinajstić information content (AvgIpc) is 2.38. The van der Waals surface area contributed by atoms with Gasteiger partial charge in [0.1, 0.15) is 11.5 Å². The van der Waals surface area contributed by atoms with E-state index < -0.39 is 0 Å². The topological polar surface area (TPSA) is 69.2 Å². The molecule has 1 fully saturated rings. The van der Waals surface area contributed by atoms with Crippen LogP contribution in [-0.4, -0.2) is 47.4 Å². The van der Waals surface area contributed by atoms with Crippen LogP contribution < -0.4 is 10.6 Å². The Morgan fingerprint density at radius 1 is 1.26 bits per heavy atom. The Bertz CT molecular complexity index is 455. The first-order valence-electron chi connectivity index (χ1n) is 6.69. The van der Waals surface area contributed by atoms with Gasteiger partial charge in [-0.1, -0.05) is 0 Å². The summed E-state index contributed by atoms with van der Waals surface area (Å²) in [5, 5.41) is 7.61. The first-order valence-corrected chi connectivity index (χ1v) is 6.69. The van der Waals surface area contributed by atoms with E-state index in [2.05, 4.69) is 35.6 Å². The van der Waals surface area contributed by atoms with E-state index in [9.17, 15) is 0 Å². The van der Waals surface area contributed by atoms with Crippen molar-refractivity contribution in [1.82, 2.24) is 9.88 Å². The van der Waals surface area contributed by atoms with Gasteiger partial charge in [-0.05, 0) is 32.9 Å². The van der Waals surface area contributed by atoms with Crippen molar-refractivity contribution in [3.05, 3.63) is 24.0 Å². The van der Waals surface area contributed by atoms with E-state index in [1.54, 1.807) is 6.20 Å². The van der Waals surface area contributed by atoms with E-state index >= 15 is 0 Å². The quantitative estimate of drug-likeness (QED) is 0.621. The summed E-state index contributed by atoms with van der Waals surface area (Å²) >= 11 is 0. The number of hydrogen-bond acceptors (Lipinski definition) is 4. The number of aromatic nitrogens is 1. The molecule has 0 aliphatic carbocycles. The van der Waals surface area contributed by atoms with Crippen LogP contribution in [-0.2, 0) is 0 Å². The number of piperazine rings is 1. The first-order chi connectivity index (χ1) is 8.89. The zero-order valence-corrected chi connectivity index (χ0v) is 12.0. The number of hydrogen-bond donors (Lipinski definition) is 2. The lowest BCUT2D eigenvalue weighted by Gasteiger charge is -2.43. The molecule has 5 nitrogen and oxygen atoms in total. The van der Waals surface area contributed by atoms with Gasteiger partial charge in [0.2, 0.25) is 0 Å². The van der Waals surface area contributed by atoms with Crippen molar-refractivity contribution in [3.63, 3.8) is 0 Å². The van der Waals surface area contributed by atoms with Gasteiger partial charge in [-0.25, -0.2) is 0 Å². The summed E-state index contributed by atoms with van der Waals surface area (Å²) in [5.74, 6) is 0.0360. The molecule has 0 aromatic carbocycles. The van der Waals surface area contributed by atoms with Crippen LogP contribution in [0, 0.1) is 5.41 Å². The van der Waals surface area contributed by atoms with Gasteiger partial charge < -0.3 is 10.6 Å². The van der Waals surface area contributed by atoms with Crippen molar-refractivity contribution in [3.8, 4) is 0 Å². The van der Waals surface area contributed by atoms with E-state index in [0.29, 0.717) is 5.69 Å². The summed E-state index contributed by atoms with van der Waals surface area (Å²) in [5.41, 5.74) is 7.38. The van der Waals surface area contributed by atoms with Crippen LogP contribution >= 0.6 is 0 Å². The molecule has 1 aromatic rings. The predicted molar refractivity (Wildman–Crippen MR) is 78.8 cm³/mol. The lowest BCUT2D eigenvalue weighted by atomic mass is 10.0. The number of nitrogens with zero attached hydrogens (tertiary/aromatic N) is 3. The van der Waals surface area contributed by atoms with Crippen LogP contribution in [0.15, 0.2) is 18.3 Å². The molecular weight excluding hydrogens is 238 g/mol. The molecule has 3 N–H and O–H groups in total. The zero-order valence-electron chi connectivity index (χ0n) is 12.0. The van der Waals surface area contributed by atoms with Gasteiger partial charge in [-0.3, -0.25) is 15.3 Å². The molecule has 19 heavy (non-hydrogen) atoms. The Hall–Kier alpha value is -1.62. The Balaban J connectivity index is 2.12. The fourth-order valence-corrected chi connectivity index (χ4v) is 2.48. The monoisotopic (exact) mass is 261 g/mol. The van der Waals surface area contributed by atoms with Crippen LogP contribution in [0.5, 0.6) is 0 Å². The van der Waals surface area contributed by atoms with Crippen LogP contribution in [0.4, 0.5) is 5.69 Å². The number of nitrogens with one attached hydrogen (secondary N) is 1. The molecule has 0 atom stereocenters. The summed E-state index contributed by atoms with van der Waals surface area (Å²) in [4.78, 5) is 8.97. The highest BCUT2D eigenvalue weighted by Gasteiger charge is 2.26. The van der Waals surface area contributed by atoms with Gasteiger partial charge in [0, 0.05) is 37.9 Å². The summed E-state index contributed by atoms with van der Waals surface area (Å²) in [6.45, 7) is 10.7. The molecule has 1 saturated heterocycles. The molecule has 0 bridgehead atoms. The maximum atomic E-state index is 7.61. The van der Waals surface area contributed by atoms with Gasteiger partial charge in [0.05, 0.1) is 5.69 Å². The van der Waals surface area contributed by atoms with E-state index in [1.807, 2.05) is 12.1 Å². The van der Waals surface area contributed by atoms with Gasteiger partial charge in [0.25, 0.3) is 0 Å². The molecule has 0 amide bonds. The third-order valence-electron chi connectivity index (χ3n) is 3.61. The molecule has 1 aromatic heterocycles. The molecule has 1 aliphatic rings. The summed E-state index contributed by atoms with van der Waals surface area (Å²) in [7, 11) is 0. The minimum absolute atomic E-state index is 0.0360. The highest BCUT2D eigenvalue weighted by molar-refractivity contribution is 5.98. The average molecular weight is 261 g/mol. The van der Waals surface area contributed by atoms with Crippen molar-refractivity contribution in [2.45, 2.75) is 26.3 Å². The molecule has 0 saturated carbocycles. The summed E-state index contributed by atoms with van der Waals surface area (Å²) in [6.07, 6.45) is 1.69. The minimum atomic E-state index is 0.0360. The largest absolute Gasteiger partial charge is 0.382 e. The fraction of sp³-hybridized carbons (Fsp3) is 0.571.